The molecule has 2 fully saturated rings. The number of piperidine rings is 1. The molecule has 1 atom stereocenters. The Labute approximate surface area is 174 Å². The number of amides is 1. The zero-order valence-corrected chi connectivity index (χ0v) is 17.6. The fourth-order valence-corrected chi connectivity index (χ4v) is 5.53. The van der Waals surface area contributed by atoms with E-state index < -0.39 is 6.09 Å². The van der Waals surface area contributed by atoms with Gasteiger partial charge in [0.25, 0.3) is 5.56 Å². The SMILES string of the molecule is Cc1cccc2c(=O)[nH]c(CSC3CCN(CC4CCCN4C(=O)O)CC3)nc12. The zero-order valence-electron chi connectivity index (χ0n) is 16.8. The van der Waals surface area contributed by atoms with Gasteiger partial charge in [-0.05, 0) is 57.3 Å². The topological polar surface area (TPSA) is 89.5 Å². The molecule has 3 heterocycles. The maximum Gasteiger partial charge on any atom is 0.407 e. The molecule has 2 aliphatic rings. The Morgan fingerprint density at radius 3 is 2.83 bits per heavy atom. The summed E-state index contributed by atoms with van der Waals surface area (Å²) in [7, 11) is 0. The predicted molar refractivity (Wildman–Crippen MR) is 116 cm³/mol. The average Bonchev–Trinajstić information content (AvgIpc) is 3.17. The van der Waals surface area contributed by atoms with Crippen molar-refractivity contribution in [3.63, 3.8) is 0 Å². The van der Waals surface area contributed by atoms with Crippen LogP contribution in [0.2, 0.25) is 0 Å². The van der Waals surface area contributed by atoms with Crippen LogP contribution in [0.25, 0.3) is 10.9 Å². The second-order valence-corrected chi connectivity index (χ2v) is 9.36. The van der Waals surface area contributed by atoms with Crippen molar-refractivity contribution in [3.8, 4) is 0 Å². The van der Waals surface area contributed by atoms with Crippen LogP contribution >= 0.6 is 11.8 Å². The van der Waals surface area contributed by atoms with Gasteiger partial charge in [0.05, 0.1) is 16.7 Å². The van der Waals surface area contributed by atoms with Gasteiger partial charge in [0.1, 0.15) is 5.82 Å². The van der Waals surface area contributed by atoms with E-state index in [1.165, 1.54) is 0 Å². The number of para-hydroxylation sites is 1. The lowest BCUT2D eigenvalue weighted by molar-refractivity contribution is 0.120. The van der Waals surface area contributed by atoms with Crippen LogP contribution in [0.5, 0.6) is 0 Å². The highest BCUT2D eigenvalue weighted by molar-refractivity contribution is 7.99. The van der Waals surface area contributed by atoms with Gasteiger partial charge >= 0.3 is 6.09 Å². The predicted octanol–water partition coefficient (Wildman–Crippen LogP) is 3.07. The first-order chi connectivity index (χ1) is 14.0. The van der Waals surface area contributed by atoms with Gasteiger partial charge in [0.15, 0.2) is 0 Å². The molecule has 1 unspecified atom stereocenters. The lowest BCUT2D eigenvalue weighted by Crippen LogP contribution is -2.45. The van der Waals surface area contributed by atoms with Crippen molar-refractivity contribution in [2.75, 3.05) is 26.2 Å². The minimum atomic E-state index is -0.787. The summed E-state index contributed by atoms with van der Waals surface area (Å²) in [6.07, 6.45) is 3.33. The molecule has 0 bridgehead atoms. The molecule has 4 rings (SSSR count). The molecule has 2 aromatic rings. The normalized spacial score (nSPS) is 21.1. The fourth-order valence-electron chi connectivity index (χ4n) is 4.45. The molecular formula is C21H28N4O3S. The molecule has 1 aromatic carbocycles. The van der Waals surface area contributed by atoms with E-state index in [-0.39, 0.29) is 11.6 Å². The number of likely N-dealkylation sites (tertiary alicyclic amines) is 2. The Kier molecular flexibility index (Phi) is 6.10. The number of nitrogens with one attached hydrogen (secondary N) is 1. The Morgan fingerprint density at radius 1 is 1.28 bits per heavy atom. The fraction of sp³-hybridized carbons (Fsp3) is 0.571. The van der Waals surface area contributed by atoms with Crippen molar-refractivity contribution in [3.05, 3.63) is 39.9 Å². The number of aromatic nitrogens is 2. The smallest absolute Gasteiger partial charge is 0.407 e. The number of hydrogen-bond donors (Lipinski definition) is 2. The van der Waals surface area contributed by atoms with E-state index in [0.29, 0.717) is 22.9 Å². The summed E-state index contributed by atoms with van der Waals surface area (Å²) in [5.41, 5.74) is 1.75. The van der Waals surface area contributed by atoms with Crippen molar-refractivity contribution >= 4 is 28.8 Å². The monoisotopic (exact) mass is 416 g/mol. The van der Waals surface area contributed by atoms with Crippen molar-refractivity contribution in [1.82, 2.24) is 19.8 Å². The lowest BCUT2D eigenvalue weighted by Gasteiger charge is -2.34. The summed E-state index contributed by atoms with van der Waals surface area (Å²) in [6.45, 7) is 5.51. The molecule has 2 saturated heterocycles. The number of H-pyrrole nitrogens is 1. The first-order valence-corrected chi connectivity index (χ1v) is 11.4. The average molecular weight is 417 g/mol. The third kappa shape index (κ3) is 4.59. The lowest BCUT2D eigenvalue weighted by atomic mass is 10.1. The van der Waals surface area contributed by atoms with Crippen molar-refractivity contribution in [1.29, 1.82) is 0 Å². The number of hydrogen-bond acceptors (Lipinski definition) is 5. The number of aryl methyl sites for hydroxylation is 1. The summed E-state index contributed by atoms with van der Waals surface area (Å²) in [6, 6.07) is 5.83. The van der Waals surface area contributed by atoms with Crippen molar-refractivity contribution in [2.24, 2.45) is 0 Å². The summed E-state index contributed by atoms with van der Waals surface area (Å²) in [4.78, 5) is 35.3. The number of benzene rings is 1. The number of carbonyl (C=O) groups is 1. The third-order valence-electron chi connectivity index (χ3n) is 6.07. The van der Waals surface area contributed by atoms with Crippen LogP contribution in [-0.2, 0) is 5.75 Å². The van der Waals surface area contributed by atoms with Crippen LogP contribution in [0, 0.1) is 6.92 Å². The van der Waals surface area contributed by atoms with E-state index in [0.717, 1.165) is 62.2 Å². The van der Waals surface area contributed by atoms with Gasteiger partial charge in [-0.15, -0.1) is 0 Å². The van der Waals surface area contributed by atoms with Gasteiger partial charge in [0, 0.05) is 24.4 Å². The van der Waals surface area contributed by atoms with Crippen LogP contribution < -0.4 is 5.56 Å². The second kappa shape index (κ2) is 8.75. The Morgan fingerprint density at radius 2 is 2.07 bits per heavy atom. The molecule has 0 aliphatic carbocycles. The van der Waals surface area contributed by atoms with E-state index in [1.54, 1.807) is 4.90 Å². The molecule has 2 aliphatic heterocycles. The van der Waals surface area contributed by atoms with Crippen LogP contribution in [0.15, 0.2) is 23.0 Å². The van der Waals surface area contributed by atoms with Gasteiger partial charge in [-0.2, -0.15) is 11.8 Å². The highest BCUT2D eigenvalue weighted by Crippen LogP contribution is 2.27. The van der Waals surface area contributed by atoms with Crippen LogP contribution in [0.3, 0.4) is 0 Å². The number of fused-ring (bicyclic) bond motifs is 1. The molecule has 2 N–H and O–H groups in total. The summed E-state index contributed by atoms with van der Waals surface area (Å²) in [5.74, 6) is 1.45. The summed E-state index contributed by atoms with van der Waals surface area (Å²) >= 11 is 1.86. The number of nitrogens with zero attached hydrogens (tertiary/aromatic N) is 3. The molecule has 29 heavy (non-hydrogen) atoms. The number of thioether (sulfide) groups is 1. The van der Waals surface area contributed by atoms with Gasteiger partial charge in [-0.1, -0.05) is 12.1 Å². The maximum atomic E-state index is 12.3. The molecule has 156 valence electrons. The van der Waals surface area contributed by atoms with Crippen LogP contribution in [0.1, 0.15) is 37.1 Å². The van der Waals surface area contributed by atoms with Crippen LogP contribution in [-0.4, -0.2) is 68.4 Å². The zero-order chi connectivity index (χ0) is 20.4. The van der Waals surface area contributed by atoms with E-state index >= 15 is 0 Å². The van der Waals surface area contributed by atoms with E-state index in [9.17, 15) is 14.7 Å². The number of rotatable bonds is 5. The Hall–Kier alpha value is -2.06. The van der Waals surface area contributed by atoms with Gasteiger partial charge in [-0.3, -0.25) is 4.79 Å². The van der Waals surface area contributed by atoms with Gasteiger partial charge in [-0.25, -0.2) is 9.78 Å². The minimum Gasteiger partial charge on any atom is -0.465 e. The first-order valence-electron chi connectivity index (χ1n) is 10.3. The van der Waals surface area contributed by atoms with Crippen molar-refractivity contribution < 1.29 is 9.90 Å². The van der Waals surface area contributed by atoms with Crippen LogP contribution in [0.4, 0.5) is 4.79 Å². The highest BCUT2D eigenvalue weighted by Gasteiger charge is 2.31. The molecule has 8 heteroatoms. The maximum absolute atomic E-state index is 12.3. The molecular weight excluding hydrogens is 388 g/mol. The quantitative estimate of drug-likeness (QED) is 0.779. The standard InChI is InChI=1S/C21H28N4O3S/c1-14-4-2-6-17-19(14)22-18(23-20(17)26)13-29-16-7-10-24(11-8-16)12-15-5-3-9-25(15)21(27)28/h2,4,6,15-16H,3,5,7-13H2,1H3,(H,27,28)(H,22,23,26). The molecule has 0 spiro atoms. The summed E-state index contributed by atoms with van der Waals surface area (Å²) in [5, 5.41) is 10.5. The minimum absolute atomic E-state index is 0.0660. The van der Waals surface area contributed by atoms with Gasteiger partial charge < -0.3 is 19.9 Å². The highest BCUT2D eigenvalue weighted by atomic mass is 32.2. The molecule has 1 amide bonds. The van der Waals surface area contributed by atoms with Gasteiger partial charge in [0.2, 0.25) is 0 Å². The van der Waals surface area contributed by atoms with Crippen molar-refractivity contribution in [2.45, 2.75) is 49.7 Å². The van der Waals surface area contributed by atoms with E-state index in [4.69, 9.17) is 0 Å². The van der Waals surface area contributed by atoms with E-state index in [2.05, 4.69) is 14.9 Å². The Balaban J connectivity index is 1.29. The molecule has 0 saturated carbocycles. The Bertz CT molecular complexity index is 939. The first kappa shape index (κ1) is 20.2. The third-order valence-corrected chi connectivity index (χ3v) is 7.45. The largest absolute Gasteiger partial charge is 0.465 e. The molecule has 1 aromatic heterocycles. The second-order valence-electron chi connectivity index (χ2n) is 8.07. The van der Waals surface area contributed by atoms with E-state index in [1.807, 2.05) is 36.9 Å². The number of carboxylic acid groups (broad SMARTS) is 1. The molecule has 7 nitrogen and oxygen atoms in total. The summed E-state index contributed by atoms with van der Waals surface area (Å²) < 4.78 is 0. The molecule has 0 radical (unpaired) electrons. The number of aromatic amines is 1.